The van der Waals surface area contributed by atoms with Crippen molar-refractivity contribution >= 4 is 5.91 Å². The smallest absolute Gasteiger partial charge is 0.255 e. The second-order valence-electron chi connectivity index (χ2n) is 5.54. The van der Waals surface area contributed by atoms with Crippen LogP contribution in [0.4, 0.5) is 0 Å². The van der Waals surface area contributed by atoms with Crippen LogP contribution in [0.5, 0.6) is 0 Å². The molecule has 0 spiro atoms. The molecular formula is C18H23NO3. The summed E-state index contributed by atoms with van der Waals surface area (Å²) < 4.78 is 5.50. The minimum Gasteiger partial charge on any atom is -0.466 e. The normalized spacial score (nSPS) is 12.2. The standard InChI is InChI=1S/C18H23NO3/c1-12-13(2)22-14(3)17(12)18(21)19-11-16(9-10-20)15-7-5-4-6-8-15/h4-8,16,20H,9-11H2,1-3H3,(H,19,21). The summed E-state index contributed by atoms with van der Waals surface area (Å²) in [6.45, 7) is 6.14. The Labute approximate surface area is 131 Å². The lowest BCUT2D eigenvalue weighted by Crippen LogP contribution is -2.29. The largest absolute Gasteiger partial charge is 0.466 e. The highest BCUT2D eigenvalue weighted by Crippen LogP contribution is 2.22. The van der Waals surface area contributed by atoms with E-state index in [9.17, 15) is 9.90 Å². The summed E-state index contributed by atoms with van der Waals surface area (Å²) in [5, 5.41) is 12.2. The van der Waals surface area contributed by atoms with Crippen LogP contribution in [0.1, 0.15) is 45.3 Å². The molecule has 4 heteroatoms. The number of rotatable bonds is 6. The number of carbonyl (C=O) groups is 1. The van der Waals surface area contributed by atoms with E-state index in [0.717, 1.165) is 16.9 Å². The number of hydrogen-bond acceptors (Lipinski definition) is 3. The van der Waals surface area contributed by atoms with Crippen molar-refractivity contribution < 1.29 is 14.3 Å². The summed E-state index contributed by atoms with van der Waals surface area (Å²) in [5.41, 5.74) is 2.62. The van der Waals surface area contributed by atoms with Crippen LogP contribution in [-0.2, 0) is 0 Å². The average Bonchev–Trinajstić information content (AvgIpc) is 2.77. The quantitative estimate of drug-likeness (QED) is 0.862. The minimum atomic E-state index is -0.120. The molecule has 118 valence electrons. The van der Waals surface area contributed by atoms with Crippen molar-refractivity contribution in [3.63, 3.8) is 0 Å². The van der Waals surface area contributed by atoms with Gasteiger partial charge in [-0.25, -0.2) is 0 Å². The summed E-state index contributed by atoms with van der Waals surface area (Å²) in [5.74, 6) is 1.40. The van der Waals surface area contributed by atoms with Crippen molar-refractivity contribution in [2.45, 2.75) is 33.1 Å². The highest BCUT2D eigenvalue weighted by atomic mass is 16.3. The van der Waals surface area contributed by atoms with E-state index in [1.54, 1.807) is 6.92 Å². The van der Waals surface area contributed by atoms with Crippen molar-refractivity contribution in [1.29, 1.82) is 0 Å². The van der Waals surface area contributed by atoms with E-state index < -0.39 is 0 Å². The molecule has 0 saturated heterocycles. The van der Waals surface area contributed by atoms with Gasteiger partial charge in [-0.15, -0.1) is 0 Å². The van der Waals surface area contributed by atoms with Crippen molar-refractivity contribution in [3.05, 3.63) is 58.5 Å². The molecule has 0 saturated carbocycles. The summed E-state index contributed by atoms with van der Waals surface area (Å²) >= 11 is 0. The van der Waals surface area contributed by atoms with Crippen LogP contribution in [0.25, 0.3) is 0 Å². The van der Waals surface area contributed by atoms with Crippen molar-refractivity contribution in [2.24, 2.45) is 0 Å². The van der Waals surface area contributed by atoms with E-state index in [0.29, 0.717) is 24.3 Å². The molecule has 0 radical (unpaired) electrons. The van der Waals surface area contributed by atoms with Gasteiger partial charge in [0.15, 0.2) is 0 Å². The molecule has 1 aromatic carbocycles. The highest BCUT2D eigenvalue weighted by molar-refractivity contribution is 5.96. The van der Waals surface area contributed by atoms with E-state index in [2.05, 4.69) is 5.32 Å². The lowest BCUT2D eigenvalue weighted by atomic mass is 9.96. The van der Waals surface area contributed by atoms with Gasteiger partial charge in [0.05, 0.1) is 5.56 Å². The molecular weight excluding hydrogens is 278 g/mol. The van der Waals surface area contributed by atoms with Crippen LogP contribution in [0, 0.1) is 20.8 Å². The first kappa shape index (κ1) is 16.3. The zero-order chi connectivity index (χ0) is 16.1. The summed E-state index contributed by atoms with van der Waals surface area (Å²) in [4.78, 5) is 12.4. The molecule has 4 nitrogen and oxygen atoms in total. The van der Waals surface area contributed by atoms with E-state index in [4.69, 9.17) is 4.42 Å². The zero-order valence-corrected chi connectivity index (χ0v) is 13.3. The van der Waals surface area contributed by atoms with E-state index >= 15 is 0 Å². The van der Waals surface area contributed by atoms with Gasteiger partial charge in [0.1, 0.15) is 11.5 Å². The molecule has 1 unspecified atom stereocenters. The third-order valence-corrected chi connectivity index (χ3v) is 4.05. The Morgan fingerprint density at radius 1 is 1.18 bits per heavy atom. The lowest BCUT2D eigenvalue weighted by Gasteiger charge is -2.17. The molecule has 2 N–H and O–H groups in total. The number of aliphatic hydroxyl groups is 1. The third-order valence-electron chi connectivity index (χ3n) is 4.05. The zero-order valence-electron chi connectivity index (χ0n) is 13.3. The predicted molar refractivity (Wildman–Crippen MR) is 86.1 cm³/mol. The number of aryl methyl sites for hydroxylation is 2. The van der Waals surface area contributed by atoms with Gasteiger partial charge in [-0.05, 0) is 32.8 Å². The Balaban J connectivity index is 2.08. The van der Waals surface area contributed by atoms with E-state index in [1.807, 2.05) is 44.2 Å². The summed E-state index contributed by atoms with van der Waals surface area (Å²) in [6, 6.07) is 9.93. The molecule has 0 aliphatic carbocycles. The Morgan fingerprint density at radius 3 is 2.41 bits per heavy atom. The van der Waals surface area contributed by atoms with Gasteiger partial charge in [-0.3, -0.25) is 4.79 Å². The highest BCUT2D eigenvalue weighted by Gasteiger charge is 2.20. The number of hydrogen-bond donors (Lipinski definition) is 2. The number of aliphatic hydroxyl groups excluding tert-OH is 1. The number of nitrogens with one attached hydrogen (secondary N) is 1. The first-order valence-corrected chi connectivity index (χ1v) is 7.55. The van der Waals surface area contributed by atoms with Crippen LogP contribution in [0.15, 0.2) is 34.7 Å². The molecule has 2 aromatic rings. The van der Waals surface area contributed by atoms with Crippen LogP contribution in [0.2, 0.25) is 0 Å². The SMILES string of the molecule is Cc1oc(C)c(C(=O)NCC(CCO)c2ccccc2)c1C. The van der Waals surface area contributed by atoms with Gasteiger partial charge in [0, 0.05) is 24.6 Å². The molecule has 1 atom stereocenters. The maximum atomic E-state index is 12.4. The Bertz CT molecular complexity index is 631. The second kappa shape index (κ2) is 7.27. The summed E-state index contributed by atoms with van der Waals surface area (Å²) in [6.07, 6.45) is 0.618. The molecule has 0 aliphatic rings. The van der Waals surface area contributed by atoms with E-state index in [-0.39, 0.29) is 18.4 Å². The maximum absolute atomic E-state index is 12.4. The molecule has 0 fully saturated rings. The summed E-state index contributed by atoms with van der Waals surface area (Å²) in [7, 11) is 0. The second-order valence-corrected chi connectivity index (χ2v) is 5.54. The Kier molecular flexibility index (Phi) is 5.39. The molecule has 22 heavy (non-hydrogen) atoms. The van der Waals surface area contributed by atoms with Gasteiger partial charge >= 0.3 is 0 Å². The van der Waals surface area contributed by atoms with Crippen LogP contribution >= 0.6 is 0 Å². The van der Waals surface area contributed by atoms with Crippen molar-refractivity contribution in [1.82, 2.24) is 5.32 Å². The van der Waals surface area contributed by atoms with Crippen molar-refractivity contribution in [2.75, 3.05) is 13.2 Å². The fraction of sp³-hybridized carbons (Fsp3) is 0.389. The number of furan rings is 1. The van der Waals surface area contributed by atoms with Gasteiger partial charge in [-0.2, -0.15) is 0 Å². The van der Waals surface area contributed by atoms with Gasteiger partial charge in [-0.1, -0.05) is 30.3 Å². The van der Waals surface area contributed by atoms with Gasteiger partial charge < -0.3 is 14.8 Å². The Morgan fingerprint density at radius 2 is 1.86 bits per heavy atom. The molecule has 0 aliphatic heterocycles. The monoisotopic (exact) mass is 301 g/mol. The van der Waals surface area contributed by atoms with Gasteiger partial charge in [0.2, 0.25) is 0 Å². The van der Waals surface area contributed by atoms with Gasteiger partial charge in [0.25, 0.3) is 5.91 Å². The molecule has 2 rings (SSSR count). The number of benzene rings is 1. The molecule has 1 amide bonds. The fourth-order valence-electron chi connectivity index (χ4n) is 2.70. The minimum absolute atomic E-state index is 0.0955. The van der Waals surface area contributed by atoms with Crippen molar-refractivity contribution in [3.8, 4) is 0 Å². The molecule has 1 aromatic heterocycles. The predicted octanol–water partition coefficient (Wildman–Crippen LogP) is 3.10. The Hall–Kier alpha value is -2.07. The first-order chi connectivity index (χ1) is 10.5. The van der Waals surface area contributed by atoms with Crippen LogP contribution in [-0.4, -0.2) is 24.2 Å². The van der Waals surface area contributed by atoms with Crippen LogP contribution in [0.3, 0.4) is 0 Å². The van der Waals surface area contributed by atoms with Crippen LogP contribution < -0.4 is 5.32 Å². The molecule has 1 heterocycles. The maximum Gasteiger partial charge on any atom is 0.255 e. The topological polar surface area (TPSA) is 62.5 Å². The molecule has 0 bridgehead atoms. The van der Waals surface area contributed by atoms with E-state index in [1.165, 1.54) is 0 Å². The lowest BCUT2D eigenvalue weighted by molar-refractivity contribution is 0.0947. The number of amides is 1. The average molecular weight is 301 g/mol. The first-order valence-electron chi connectivity index (χ1n) is 7.55. The fourth-order valence-corrected chi connectivity index (χ4v) is 2.70. The third kappa shape index (κ3) is 3.57. The number of carbonyl (C=O) groups excluding carboxylic acids is 1.